The first kappa shape index (κ1) is 25.2. The molecule has 1 aliphatic heterocycles. The van der Waals surface area contributed by atoms with Crippen molar-refractivity contribution in [3.05, 3.63) is 85.5 Å². The maximum Gasteiger partial charge on any atom is 0.257 e. The van der Waals surface area contributed by atoms with Crippen molar-refractivity contribution in [1.82, 2.24) is 14.8 Å². The van der Waals surface area contributed by atoms with E-state index >= 15 is 0 Å². The fourth-order valence-electron chi connectivity index (χ4n) is 4.26. The van der Waals surface area contributed by atoms with E-state index in [9.17, 15) is 9.59 Å². The Hall–Kier alpha value is -2.94. The Kier molecular flexibility index (Phi) is 8.38. The minimum Gasteiger partial charge on any atom is -0.487 e. The second kappa shape index (κ2) is 11.7. The van der Waals surface area contributed by atoms with E-state index in [1.807, 2.05) is 62.5 Å². The van der Waals surface area contributed by atoms with Crippen molar-refractivity contribution in [2.24, 2.45) is 0 Å². The van der Waals surface area contributed by atoms with Gasteiger partial charge in [0.2, 0.25) is 0 Å². The lowest BCUT2D eigenvalue weighted by atomic mass is 10.1. The molecule has 0 bridgehead atoms. The molecule has 186 valence electrons. The highest BCUT2D eigenvalue weighted by Gasteiger charge is 2.23. The molecule has 0 unspecified atom stereocenters. The van der Waals surface area contributed by atoms with Crippen LogP contribution in [0.25, 0.3) is 0 Å². The molecule has 3 aromatic rings. The number of hydrogen-bond donors (Lipinski definition) is 1. The molecule has 1 aromatic carbocycles. The number of nitrogens with zero attached hydrogens (tertiary/aromatic N) is 2. The summed E-state index contributed by atoms with van der Waals surface area (Å²) in [5.74, 6) is 0.320. The summed E-state index contributed by atoms with van der Waals surface area (Å²) in [6.07, 6.45) is 0. The normalized spacial score (nSPS) is 15.1. The van der Waals surface area contributed by atoms with Crippen molar-refractivity contribution < 1.29 is 14.3 Å². The van der Waals surface area contributed by atoms with Crippen LogP contribution in [0.15, 0.2) is 52.6 Å². The first-order valence-corrected chi connectivity index (χ1v) is 12.9. The third kappa shape index (κ3) is 6.39. The highest BCUT2D eigenvalue weighted by Crippen LogP contribution is 2.20. The van der Waals surface area contributed by atoms with Crippen LogP contribution < -0.4 is 15.5 Å². The highest BCUT2D eigenvalue weighted by molar-refractivity contribution is 7.10. The van der Waals surface area contributed by atoms with Crippen LogP contribution in [0, 0.1) is 13.8 Å². The van der Waals surface area contributed by atoms with E-state index < -0.39 is 0 Å². The third-order valence-electron chi connectivity index (χ3n) is 6.31. The smallest absolute Gasteiger partial charge is 0.257 e. The van der Waals surface area contributed by atoms with Gasteiger partial charge in [0.1, 0.15) is 17.9 Å². The number of ether oxygens (including phenoxy) is 2. The number of carbonyl (C=O) groups is 1. The van der Waals surface area contributed by atoms with Crippen LogP contribution in [-0.4, -0.2) is 48.2 Å². The number of morpholine rings is 1. The van der Waals surface area contributed by atoms with Gasteiger partial charge < -0.3 is 19.4 Å². The summed E-state index contributed by atoms with van der Waals surface area (Å²) in [5.41, 5.74) is 2.41. The molecule has 7 nitrogen and oxygen atoms in total. The maximum atomic E-state index is 13.4. The van der Waals surface area contributed by atoms with Gasteiger partial charge in [-0.1, -0.05) is 23.8 Å². The van der Waals surface area contributed by atoms with Crippen LogP contribution in [0.1, 0.15) is 45.2 Å². The minimum atomic E-state index is -0.376. The molecule has 0 saturated carbocycles. The van der Waals surface area contributed by atoms with Crippen molar-refractivity contribution in [3.8, 4) is 5.75 Å². The zero-order chi connectivity index (χ0) is 24.8. The van der Waals surface area contributed by atoms with Gasteiger partial charge in [-0.25, -0.2) is 0 Å². The van der Waals surface area contributed by atoms with Crippen molar-refractivity contribution in [2.75, 3.05) is 32.8 Å². The number of aryl methyl sites for hydroxylation is 2. The number of aromatic nitrogens is 1. The number of rotatable bonds is 9. The molecule has 0 radical (unpaired) electrons. The Morgan fingerprint density at radius 2 is 1.89 bits per heavy atom. The van der Waals surface area contributed by atoms with Crippen LogP contribution in [0.5, 0.6) is 5.75 Å². The molecule has 1 aliphatic rings. The van der Waals surface area contributed by atoms with Crippen molar-refractivity contribution in [1.29, 1.82) is 0 Å². The summed E-state index contributed by atoms with van der Waals surface area (Å²) >= 11 is 1.58. The molecule has 1 fully saturated rings. The molecule has 1 amide bonds. The van der Waals surface area contributed by atoms with Crippen molar-refractivity contribution >= 4 is 17.2 Å². The molecule has 2 aromatic heterocycles. The van der Waals surface area contributed by atoms with Crippen LogP contribution in [0.4, 0.5) is 0 Å². The Morgan fingerprint density at radius 3 is 2.57 bits per heavy atom. The van der Waals surface area contributed by atoms with Crippen LogP contribution >= 0.6 is 11.3 Å². The molecule has 8 heteroatoms. The molecule has 1 saturated heterocycles. The van der Waals surface area contributed by atoms with Gasteiger partial charge in [-0.2, -0.15) is 0 Å². The van der Waals surface area contributed by atoms with Crippen LogP contribution in [0.2, 0.25) is 0 Å². The number of amides is 1. The number of hydrogen-bond acceptors (Lipinski definition) is 6. The molecular weight excluding hydrogens is 462 g/mol. The van der Waals surface area contributed by atoms with Crippen LogP contribution in [0.3, 0.4) is 0 Å². The lowest BCUT2D eigenvalue weighted by Crippen LogP contribution is -2.39. The topological polar surface area (TPSA) is 72.8 Å². The highest BCUT2D eigenvalue weighted by atomic mass is 32.1. The van der Waals surface area contributed by atoms with Crippen LogP contribution in [-0.2, 0) is 17.9 Å². The zero-order valence-electron chi connectivity index (χ0n) is 20.6. The predicted molar refractivity (Wildman–Crippen MR) is 138 cm³/mol. The monoisotopic (exact) mass is 495 g/mol. The van der Waals surface area contributed by atoms with Gasteiger partial charge in [0.05, 0.1) is 24.9 Å². The maximum absolute atomic E-state index is 13.4. The van der Waals surface area contributed by atoms with E-state index in [0.29, 0.717) is 18.0 Å². The quantitative estimate of drug-likeness (QED) is 0.487. The molecule has 35 heavy (non-hydrogen) atoms. The largest absolute Gasteiger partial charge is 0.487 e. The van der Waals surface area contributed by atoms with Gasteiger partial charge in [-0.3, -0.25) is 14.5 Å². The van der Waals surface area contributed by atoms with Gasteiger partial charge in [0.25, 0.3) is 5.91 Å². The van der Waals surface area contributed by atoms with Gasteiger partial charge in [0.15, 0.2) is 5.43 Å². The lowest BCUT2D eigenvalue weighted by molar-refractivity contribution is 0.0361. The Bertz CT molecular complexity index is 1180. The number of nitrogens with one attached hydrogen (secondary N) is 1. The summed E-state index contributed by atoms with van der Waals surface area (Å²) in [6, 6.07) is 13.1. The van der Waals surface area contributed by atoms with E-state index in [1.54, 1.807) is 17.4 Å². The summed E-state index contributed by atoms with van der Waals surface area (Å²) in [4.78, 5) is 29.9. The van der Waals surface area contributed by atoms with E-state index in [2.05, 4.69) is 14.8 Å². The summed E-state index contributed by atoms with van der Waals surface area (Å²) in [5, 5.41) is 4.99. The molecule has 3 heterocycles. The molecule has 0 spiro atoms. The number of carbonyl (C=O) groups excluding carboxylic acids is 1. The van der Waals surface area contributed by atoms with Crippen molar-refractivity contribution in [3.63, 3.8) is 0 Å². The van der Waals surface area contributed by atoms with E-state index in [-0.39, 0.29) is 29.5 Å². The first-order valence-electron chi connectivity index (χ1n) is 12.0. The lowest BCUT2D eigenvalue weighted by Gasteiger charge is -2.28. The van der Waals surface area contributed by atoms with Gasteiger partial charge in [0, 0.05) is 42.8 Å². The molecule has 4 rings (SSSR count). The Morgan fingerprint density at radius 1 is 1.14 bits per heavy atom. The number of pyridine rings is 1. The SMILES string of the molecule is Cc1ccc(OCc2c(C(=O)N[C@@H](C)c3cccs3)c(=O)cc(C)n2CCN2CCOCC2)cc1. The average molecular weight is 496 g/mol. The minimum absolute atomic E-state index is 0.124. The molecule has 1 atom stereocenters. The van der Waals surface area contributed by atoms with Gasteiger partial charge in [-0.05, 0) is 44.4 Å². The van der Waals surface area contributed by atoms with E-state index in [0.717, 1.165) is 49.0 Å². The summed E-state index contributed by atoms with van der Waals surface area (Å²) in [6.45, 7) is 10.6. The standard InChI is InChI=1S/C27H33N3O4S/c1-19-6-8-22(9-7-19)34-18-23-26(27(32)28-21(3)25-5-4-16-35-25)24(31)17-20(2)30(23)11-10-29-12-14-33-15-13-29/h4-9,16-17,21H,10-15,18H2,1-3H3,(H,28,32)/t21-/m0/s1. The predicted octanol–water partition coefficient (Wildman–Crippen LogP) is 3.93. The van der Waals surface area contributed by atoms with E-state index in [4.69, 9.17) is 9.47 Å². The molecular formula is C27H33N3O4S. The van der Waals surface area contributed by atoms with E-state index in [1.165, 1.54) is 0 Å². The third-order valence-corrected chi connectivity index (χ3v) is 7.37. The second-order valence-electron chi connectivity index (χ2n) is 8.89. The Balaban J connectivity index is 1.64. The average Bonchev–Trinajstić information content (AvgIpc) is 3.39. The van der Waals surface area contributed by atoms with Gasteiger partial charge >= 0.3 is 0 Å². The summed E-state index contributed by atoms with van der Waals surface area (Å²) < 4.78 is 13.6. The van der Waals surface area contributed by atoms with Gasteiger partial charge in [-0.15, -0.1) is 11.3 Å². The molecule has 0 aliphatic carbocycles. The number of benzene rings is 1. The fourth-order valence-corrected chi connectivity index (χ4v) is 5.00. The number of thiophene rings is 1. The summed E-state index contributed by atoms with van der Waals surface area (Å²) in [7, 11) is 0. The zero-order valence-corrected chi connectivity index (χ0v) is 21.4. The Labute approximate surface area is 210 Å². The van der Waals surface area contributed by atoms with Crippen molar-refractivity contribution in [2.45, 2.75) is 40.0 Å². The molecule has 1 N–H and O–H groups in total. The second-order valence-corrected chi connectivity index (χ2v) is 9.87. The first-order chi connectivity index (χ1) is 16.9. The fraction of sp³-hybridized carbons (Fsp3) is 0.407.